The standard InChI is InChI=1S/C19H28N4O3S/c1-21-15-19(13-17(21)18(24)22-9-2-3-10-22)6-11-23(12-7-19)27(25,26)16-5-4-8-20-14-16/h4-5,8,14,17H,2-3,6-7,9-13,15H2,1H3. The number of likely N-dealkylation sites (tertiary alicyclic amines) is 2. The Kier molecular flexibility index (Phi) is 4.98. The Morgan fingerprint density at radius 1 is 1.19 bits per heavy atom. The van der Waals surface area contributed by atoms with Gasteiger partial charge in [0.05, 0.1) is 6.04 Å². The van der Waals surface area contributed by atoms with E-state index in [0.717, 1.165) is 51.7 Å². The van der Waals surface area contributed by atoms with Crippen LogP contribution in [-0.2, 0) is 14.8 Å². The van der Waals surface area contributed by atoms with E-state index in [9.17, 15) is 13.2 Å². The van der Waals surface area contributed by atoms with Crippen molar-refractivity contribution >= 4 is 15.9 Å². The van der Waals surface area contributed by atoms with Gasteiger partial charge >= 0.3 is 0 Å². The number of rotatable bonds is 3. The van der Waals surface area contributed by atoms with E-state index in [2.05, 4.69) is 9.88 Å². The molecule has 3 saturated heterocycles. The van der Waals surface area contributed by atoms with Gasteiger partial charge in [0.2, 0.25) is 15.9 Å². The molecule has 1 unspecified atom stereocenters. The van der Waals surface area contributed by atoms with Gasteiger partial charge in [-0.05, 0) is 56.7 Å². The van der Waals surface area contributed by atoms with E-state index in [1.165, 1.54) is 6.20 Å². The number of amides is 1. The molecule has 8 heteroatoms. The van der Waals surface area contributed by atoms with Crippen LogP contribution in [0.3, 0.4) is 0 Å². The van der Waals surface area contributed by atoms with Crippen molar-refractivity contribution in [2.75, 3.05) is 39.8 Å². The third-order valence-electron chi connectivity index (χ3n) is 6.50. The number of likely N-dealkylation sites (N-methyl/N-ethyl adjacent to an activating group) is 1. The second kappa shape index (κ2) is 7.14. The van der Waals surface area contributed by atoms with Crippen LogP contribution in [0, 0.1) is 5.41 Å². The molecule has 3 fully saturated rings. The minimum Gasteiger partial charge on any atom is -0.341 e. The van der Waals surface area contributed by atoms with E-state index in [4.69, 9.17) is 0 Å². The molecule has 4 heterocycles. The molecule has 4 rings (SSSR count). The van der Waals surface area contributed by atoms with E-state index in [-0.39, 0.29) is 22.3 Å². The molecular weight excluding hydrogens is 364 g/mol. The van der Waals surface area contributed by atoms with Crippen LogP contribution in [0.4, 0.5) is 0 Å². The number of aromatic nitrogens is 1. The van der Waals surface area contributed by atoms with Crippen LogP contribution in [-0.4, -0.2) is 79.2 Å². The summed E-state index contributed by atoms with van der Waals surface area (Å²) in [6.45, 7) is 3.66. The predicted molar refractivity (Wildman–Crippen MR) is 102 cm³/mol. The molecule has 1 spiro atoms. The number of carbonyl (C=O) groups is 1. The van der Waals surface area contributed by atoms with Gasteiger partial charge < -0.3 is 4.90 Å². The number of pyridine rings is 1. The van der Waals surface area contributed by atoms with Gasteiger partial charge in [-0.25, -0.2) is 8.42 Å². The van der Waals surface area contributed by atoms with Gasteiger partial charge in [-0.2, -0.15) is 4.31 Å². The van der Waals surface area contributed by atoms with Crippen LogP contribution in [0.5, 0.6) is 0 Å². The van der Waals surface area contributed by atoms with Crippen molar-refractivity contribution < 1.29 is 13.2 Å². The van der Waals surface area contributed by atoms with Crippen LogP contribution >= 0.6 is 0 Å². The Hall–Kier alpha value is -1.51. The molecule has 7 nitrogen and oxygen atoms in total. The predicted octanol–water partition coefficient (Wildman–Crippen LogP) is 1.18. The molecule has 0 radical (unpaired) electrons. The molecule has 1 aromatic rings. The molecule has 0 aromatic carbocycles. The lowest BCUT2D eigenvalue weighted by atomic mass is 9.77. The van der Waals surface area contributed by atoms with Gasteiger partial charge in [-0.1, -0.05) is 0 Å². The lowest BCUT2D eigenvalue weighted by Gasteiger charge is -2.38. The van der Waals surface area contributed by atoms with Gasteiger partial charge in [0, 0.05) is 45.1 Å². The molecule has 27 heavy (non-hydrogen) atoms. The molecule has 1 amide bonds. The van der Waals surface area contributed by atoms with Gasteiger partial charge in [-0.3, -0.25) is 14.7 Å². The Balaban J connectivity index is 1.42. The van der Waals surface area contributed by atoms with Crippen LogP contribution in [0.1, 0.15) is 32.1 Å². The highest BCUT2D eigenvalue weighted by atomic mass is 32.2. The number of sulfonamides is 1. The number of piperidine rings is 1. The van der Waals surface area contributed by atoms with Crippen molar-refractivity contribution in [3.63, 3.8) is 0 Å². The van der Waals surface area contributed by atoms with E-state index in [1.807, 2.05) is 11.9 Å². The molecule has 0 saturated carbocycles. The summed E-state index contributed by atoms with van der Waals surface area (Å²) in [5.74, 6) is 0.261. The summed E-state index contributed by atoms with van der Waals surface area (Å²) in [6.07, 6.45) is 7.66. The van der Waals surface area contributed by atoms with Gasteiger partial charge in [0.15, 0.2) is 0 Å². The number of carbonyl (C=O) groups excluding carboxylic acids is 1. The molecule has 0 aliphatic carbocycles. The smallest absolute Gasteiger partial charge is 0.244 e. The van der Waals surface area contributed by atoms with Crippen molar-refractivity contribution in [2.45, 2.75) is 43.0 Å². The lowest BCUT2D eigenvalue weighted by Crippen LogP contribution is -2.44. The zero-order valence-corrected chi connectivity index (χ0v) is 16.7. The van der Waals surface area contributed by atoms with Crippen LogP contribution in [0.2, 0.25) is 0 Å². The molecule has 148 valence electrons. The third kappa shape index (κ3) is 3.50. The normalized spacial score (nSPS) is 26.7. The Bertz CT molecular complexity index is 784. The largest absolute Gasteiger partial charge is 0.341 e. The monoisotopic (exact) mass is 392 g/mol. The summed E-state index contributed by atoms with van der Waals surface area (Å²) in [5, 5.41) is 0. The molecule has 0 bridgehead atoms. The molecule has 3 aliphatic rings. The van der Waals surface area contributed by atoms with Crippen molar-refractivity contribution in [1.82, 2.24) is 19.1 Å². The average Bonchev–Trinajstić information content (AvgIpc) is 3.31. The van der Waals surface area contributed by atoms with Gasteiger partial charge in [0.25, 0.3) is 0 Å². The first-order chi connectivity index (χ1) is 12.9. The second-order valence-corrected chi connectivity index (χ2v) is 10.2. The fourth-order valence-electron chi connectivity index (χ4n) is 4.91. The zero-order valence-electron chi connectivity index (χ0n) is 15.9. The lowest BCUT2D eigenvalue weighted by molar-refractivity contribution is -0.134. The summed E-state index contributed by atoms with van der Waals surface area (Å²) in [6, 6.07) is 3.20. The Morgan fingerprint density at radius 2 is 1.89 bits per heavy atom. The minimum atomic E-state index is -3.48. The number of hydrogen-bond donors (Lipinski definition) is 0. The fraction of sp³-hybridized carbons (Fsp3) is 0.684. The number of nitrogens with zero attached hydrogens (tertiary/aromatic N) is 4. The topological polar surface area (TPSA) is 73.8 Å². The molecule has 1 aromatic heterocycles. The van der Waals surface area contributed by atoms with E-state index in [0.29, 0.717) is 13.1 Å². The van der Waals surface area contributed by atoms with Crippen molar-refractivity contribution in [1.29, 1.82) is 0 Å². The minimum absolute atomic E-state index is 0.0513. The van der Waals surface area contributed by atoms with Gasteiger partial charge in [0.1, 0.15) is 4.90 Å². The van der Waals surface area contributed by atoms with E-state index < -0.39 is 10.0 Å². The Morgan fingerprint density at radius 3 is 2.52 bits per heavy atom. The summed E-state index contributed by atoms with van der Waals surface area (Å²) in [4.78, 5) is 21.2. The maximum absolute atomic E-state index is 12.9. The molecule has 0 N–H and O–H groups in total. The van der Waals surface area contributed by atoms with Crippen molar-refractivity contribution in [3.05, 3.63) is 24.5 Å². The fourth-order valence-corrected chi connectivity index (χ4v) is 6.31. The summed E-state index contributed by atoms with van der Waals surface area (Å²) >= 11 is 0. The highest BCUT2D eigenvalue weighted by Crippen LogP contribution is 2.44. The first-order valence-corrected chi connectivity index (χ1v) is 11.2. The Labute approximate surface area is 161 Å². The van der Waals surface area contributed by atoms with Crippen LogP contribution in [0.15, 0.2) is 29.4 Å². The maximum Gasteiger partial charge on any atom is 0.244 e. The first-order valence-electron chi connectivity index (χ1n) is 9.81. The quantitative estimate of drug-likeness (QED) is 0.772. The first kappa shape index (κ1) is 18.8. The van der Waals surface area contributed by atoms with Crippen LogP contribution in [0.25, 0.3) is 0 Å². The SMILES string of the molecule is CN1CC2(CCN(S(=O)(=O)c3cccnc3)CC2)CC1C(=O)N1CCCC1. The summed E-state index contributed by atoms with van der Waals surface area (Å²) in [5.41, 5.74) is 0.0513. The van der Waals surface area contributed by atoms with Gasteiger partial charge in [-0.15, -0.1) is 0 Å². The number of hydrogen-bond acceptors (Lipinski definition) is 5. The summed E-state index contributed by atoms with van der Waals surface area (Å²) in [7, 11) is -1.45. The summed E-state index contributed by atoms with van der Waals surface area (Å²) < 4.78 is 27.2. The second-order valence-electron chi connectivity index (χ2n) is 8.26. The van der Waals surface area contributed by atoms with Crippen molar-refractivity contribution in [3.8, 4) is 0 Å². The molecule has 3 aliphatic heterocycles. The van der Waals surface area contributed by atoms with E-state index >= 15 is 0 Å². The zero-order chi connectivity index (χ0) is 19.1. The van der Waals surface area contributed by atoms with Crippen molar-refractivity contribution in [2.24, 2.45) is 5.41 Å². The highest BCUT2D eigenvalue weighted by molar-refractivity contribution is 7.89. The average molecular weight is 393 g/mol. The molecular formula is C19H28N4O3S. The molecule has 1 atom stereocenters. The third-order valence-corrected chi connectivity index (χ3v) is 8.38. The van der Waals surface area contributed by atoms with Crippen LogP contribution < -0.4 is 0 Å². The van der Waals surface area contributed by atoms with E-state index in [1.54, 1.807) is 22.6 Å². The highest BCUT2D eigenvalue weighted by Gasteiger charge is 2.48. The maximum atomic E-state index is 12.9.